The van der Waals surface area contributed by atoms with Gasteiger partial charge in [0.2, 0.25) is 0 Å². The van der Waals surface area contributed by atoms with Crippen molar-refractivity contribution in [1.29, 1.82) is 0 Å². The lowest BCUT2D eigenvalue weighted by Gasteiger charge is -2.10. The number of hydrogen-bond donors (Lipinski definition) is 1. The highest BCUT2D eigenvalue weighted by Crippen LogP contribution is 2.41. The molecule has 0 bridgehead atoms. The minimum Gasteiger partial charge on any atom is -0.366 e. The van der Waals surface area contributed by atoms with Gasteiger partial charge in [0.1, 0.15) is 0 Å². The number of rotatable bonds is 3. The number of hydrogen-bond acceptors (Lipinski definition) is 2. The van der Waals surface area contributed by atoms with Crippen molar-refractivity contribution in [2.75, 3.05) is 0 Å². The summed E-state index contributed by atoms with van der Waals surface area (Å²) in [5, 5.41) is 0. The summed E-state index contributed by atoms with van der Waals surface area (Å²) in [6.07, 6.45) is 5.87. The van der Waals surface area contributed by atoms with E-state index < -0.39 is 0 Å². The van der Waals surface area contributed by atoms with Crippen molar-refractivity contribution in [3.05, 3.63) is 41.9 Å². The van der Waals surface area contributed by atoms with E-state index in [2.05, 4.69) is 9.55 Å². The van der Waals surface area contributed by atoms with Crippen LogP contribution >= 0.6 is 0 Å². The minimum absolute atomic E-state index is 0.359. The van der Waals surface area contributed by atoms with Crippen molar-refractivity contribution < 1.29 is 4.79 Å². The Morgan fingerprint density at radius 3 is 2.61 bits per heavy atom. The van der Waals surface area contributed by atoms with Crippen LogP contribution in [0.3, 0.4) is 0 Å². The maximum Gasteiger partial charge on any atom is 0.250 e. The maximum absolute atomic E-state index is 11.5. The number of nitrogens with zero attached hydrogens (tertiary/aromatic N) is 2. The molecule has 1 fully saturated rings. The smallest absolute Gasteiger partial charge is 0.250 e. The first kappa shape index (κ1) is 11.0. The standard InChI is InChI=1S/C14H15N3O/c1-9-12(14(15)18)8-13(17(9)11-2-3-11)10-4-6-16-7-5-10/h4-8,11H,2-3H2,1H3,(H2,15,18). The van der Waals surface area contributed by atoms with Gasteiger partial charge in [0.15, 0.2) is 0 Å². The Bertz CT molecular complexity index is 597. The van der Waals surface area contributed by atoms with Gasteiger partial charge < -0.3 is 10.3 Å². The van der Waals surface area contributed by atoms with Crippen LogP contribution in [-0.4, -0.2) is 15.5 Å². The number of amides is 1. The highest BCUT2D eigenvalue weighted by Gasteiger charge is 2.29. The van der Waals surface area contributed by atoms with E-state index >= 15 is 0 Å². The molecular weight excluding hydrogens is 226 g/mol. The van der Waals surface area contributed by atoms with Gasteiger partial charge in [-0.25, -0.2) is 0 Å². The zero-order chi connectivity index (χ0) is 12.7. The third-order valence-corrected chi connectivity index (χ3v) is 3.45. The molecule has 1 aliphatic carbocycles. The van der Waals surface area contributed by atoms with E-state index in [1.165, 1.54) is 12.8 Å². The number of primary amides is 1. The van der Waals surface area contributed by atoms with E-state index in [-0.39, 0.29) is 5.91 Å². The molecule has 18 heavy (non-hydrogen) atoms. The van der Waals surface area contributed by atoms with Crippen LogP contribution in [0, 0.1) is 6.92 Å². The van der Waals surface area contributed by atoms with Crippen molar-refractivity contribution in [1.82, 2.24) is 9.55 Å². The fourth-order valence-electron chi connectivity index (χ4n) is 2.42. The Morgan fingerprint density at radius 2 is 2.06 bits per heavy atom. The Kier molecular flexibility index (Phi) is 2.44. The number of pyridine rings is 1. The summed E-state index contributed by atoms with van der Waals surface area (Å²) >= 11 is 0. The Hall–Kier alpha value is -2.10. The summed E-state index contributed by atoms with van der Waals surface area (Å²) in [6, 6.07) is 6.32. The van der Waals surface area contributed by atoms with Gasteiger partial charge in [0.05, 0.1) is 5.56 Å². The highest BCUT2D eigenvalue weighted by molar-refractivity contribution is 5.95. The monoisotopic (exact) mass is 241 g/mol. The van der Waals surface area contributed by atoms with Crippen LogP contribution in [0.1, 0.15) is 34.9 Å². The average molecular weight is 241 g/mol. The molecule has 0 saturated heterocycles. The molecule has 1 aliphatic rings. The first-order valence-corrected chi connectivity index (χ1v) is 6.10. The molecule has 3 rings (SSSR count). The highest BCUT2D eigenvalue weighted by atomic mass is 16.1. The van der Waals surface area contributed by atoms with Crippen molar-refractivity contribution >= 4 is 5.91 Å². The lowest BCUT2D eigenvalue weighted by molar-refractivity contribution is 0.0999. The minimum atomic E-state index is -0.359. The van der Waals surface area contributed by atoms with Gasteiger partial charge in [-0.05, 0) is 38.0 Å². The first-order valence-electron chi connectivity index (χ1n) is 6.10. The van der Waals surface area contributed by atoms with Crippen LogP contribution in [0.5, 0.6) is 0 Å². The topological polar surface area (TPSA) is 60.9 Å². The van der Waals surface area contributed by atoms with Crippen LogP contribution in [0.4, 0.5) is 0 Å². The summed E-state index contributed by atoms with van der Waals surface area (Å²) in [5.74, 6) is -0.359. The molecule has 2 heterocycles. The average Bonchev–Trinajstić information content (AvgIpc) is 3.14. The second kappa shape index (κ2) is 3.98. The molecule has 0 atom stereocenters. The second-order valence-corrected chi connectivity index (χ2v) is 4.73. The van der Waals surface area contributed by atoms with Crippen LogP contribution in [-0.2, 0) is 0 Å². The summed E-state index contributed by atoms with van der Waals surface area (Å²) in [6.45, 7) is 1.96. The molecule has 4 heteroatoms. The fraction of sp³-hybridized carbons (Fsp3) is 0.286. The predicted octanol–water partition coefficient (Wildman–Crippen LogP) is 2.29. The van der Waals surface area contributed by atoms with Gasteiger partial charge in [-0.3, -0.25) is 9.78 Å². The molecule has 1 saturated carbocycles. The maximum atomic E-state index is 11.5. The first-order chi connectivity index (χ1) is 8.68. The molecule has 0 unspecified atom stereocenters. The molecule has 4 nitrogen and oxygen atoms in total. The van der Waals surface area contributed by atoms with E-state index in [1.54, 1.807) is 12.4 Å². The quantitative estimate of drug-likeness (QED) is 0.896. The molecule has 2 aromatic heterocycles. The van der Waals surface area contributed by atoms with E-state index in [1.807, 2.05) is 25.1 Å². The molecule has 92 valence electrons. The Balaban J connectivity index is 2.19. The molecule has 2 N–H and O–H groups in total. The van der Waals surface area contributed by atoms with Crippen LogP contribution < -0.4 is 5.73 Å². The van der Waals surface area contributed by atoms with E-state index in [0.29, 0.717) is 11.6 Å². The van der Waals surface area contributed by atoms with Crippen molar-refractivity contribution in [3.63, 3.8) is 0 Å². The van der Waals surface area contributed by atoms with Crippen molar-refractivity contribution in [2.24, 2.45) is 5.73 Å². The van der Waals surface area contributed by atoms with Gasteiger partial charge in [0, 0.05) is 35.4 Å². The van der Waals surface area contributed by atoms with Crippen molar-refractivity contribution in [2.45, 2.75) is 25.8 Å². The molecule has 1 amide bonds. The Morgan fingerprint density at radius 1 is 1.39 bits per heavy atom. The Labute approximate surface area is 105 Å². The number of carbonyl (C=O) groups excluding carboxylic acids is 1. The molecular formula is C14H15N3O. The summed E-state index contributed by atoms with van der Waals surface area (Å²) < 4.78 is 2.23. The van der Waals surface area contributed by atoms with Crippen molar-refractivity contribution in [3.8, 4) is 11.3 Å². The number of carbonyl (C=O) groups is 1. The van der Waals surface area contributed by atoms with Crippen LogP contribution in [0.2, 0.25) is 0 Å². The lowest BCUT2D eigenvalue weighted by Crippen LogP contribution is -2.12. The van der Waals surface area contributed by atoms with E-state index in [4.69, 9.17) is 5.73 Å². The van der Waals surface area contributed by atoms with E-state index in [9.17, 15) is 4.79 Å². The second-order valence-electron chi connectivity index (χ2n) is 4.73. The third kappa shape index (κ3) is 1.70. The largest absolute Gasteiger partial charge is 0.366 e. The molecule has 0 radical (unpaired) electrons. The molecule has 0 aliphatic heterocycles. The predicted molar refractivity (Wildman–Crippen MR) is 69.2 cm³/mol. The summed E-state index contributed by atoms with van der Waals surface area (Å²) in [5.41, 5.74) is 9.16. The molecule has 2 aromatic rings. The van der Waals surface area contributed by atoms with Crippen LogP contribution in [0.15, 0.2) is 30.6 Å². The zero-order valence-corrected chi connectivity index (χ0v) is 10.3. The summed E-state index contributed by atoms with van der Waals surface area (Å²) in [7, 11) is 0. The van der Waals surface area contributed by atoms with Gasteiger partial charge in [-0.1, -0.05) is 0 Å². The van der Waals surface area contributed by atoms with Gasteiger partial charge >= 0.3 is 0 Å². The fourth-order valence-corrected chi connectivity index (χ4v) is 2.42. The SMILES string of the molecule is Cc1c(C(N)=O)cc(-c2ccncc2)n1C1CC1. The molecule has 0 spiro atoms. The summed E-state index contributed by atoms with van der Waals surface area (Å²) in [4.78, 5) is 15.5. The van der Waals surface area contributed by atoms with Crippen LogP contribution in [0.25, 0.3) is 11.3 Å². The van der Waals surface area contributed by atoms with Gasteiger partial charge in [0.25, 0.3) is 5.91 Å². The van der Waals surface area contributed by atoms with Gasteiger partial charge in [-0.2, -0.15) is 0 Å². The lowest BCUT2D eigenvalue weighted by atomic mass is 10.2. The van der Waals surface area contributed by atoms with E-state index in [0.717, 1.165) is 17.0 Å². The normalized spacial score (nSPS) is 14.7. The third-order valence-electron chi connectivity index (χ3n) is 3.45. The number of nitrogens with two attached hydrogens (primary N) is 1. The number of aromatic nitrogens is 2. The van der Waals surface area contributed by atoms with Gasteiger partial charge in [-0.15, -0.1) is 0 Å². The zero-order valence-electron chi connectivity index (χ0n) is 10.3. The molecule has 0 aromatic carbocycles.